The van der Waals surface area contributed by atoms with Crippen LogP contribution in [-0.4, -0.2) is 68.9 Å². The van der Waals surface area contributed by atoms with E-state index in [0.29, 0.717) is 127 Å². The lowest BCUT2D eigenvalue weighted by Gasteiger charge is -2.19. The van der Waals surface area contributed by atoms with Crippen LogP contribution in [0.5, 0.6) is 0 Å². The second-order valence-electron chi connectivity index (χ2n) is 21.0. The van der Waals surface area contributed by atoms with Crippen molar-refractivity contribution in [2.24, 2.45) is 0 Å². The summed E-state index contributed by atoms with van der Waals surface area (Å²) in [4.78, 5) is 54.9. The highest BCUT2D eigenvalue weighted by Gasteiger charge is 2.37. The third kappa shape index (κ3) is 9.83. The smallest absolute Gasteiger partial charge is 0.309 e. The van der Waals surface area contributed by atoms with Crippen LogP contribution in [0, 0.1) is 66.7 Å². The van der Waals surface area contributed by atoms with Crippen LogP contribution in [0.1, 0.15) is 63.3 Å². The Bertz CT molecular complexity index is 4730. The molecule has 422 valence electrons. The Balaban J connectivity index is 1.10. The van der Waals surface area contributed by atoms with E-state index < -0.39 is 23.5 Å². The summed E-state index contributed by atoms with van der Waals surface area (Å²) < 4.78 is 91.8. The van der Waals surface area contributed by atoms with Gasteiger partial charge in [0.25, 0.3) is 0 Å². The number of fused-ring (bicyclic) bond motifs is 6. The van der Waals surface area contributed by atoms with Crippen molar-refractivity contribution >= 4 is 43.6 Å². The molecule has 6 aromatic heterocycles. The van der Waals surface area contributed by atoms with Gasteiger partial charge in [-0.05, 0) is 188 Å². The minimum Gasteiger partial charge on any atom is -0.309 e. The molecule has 0 aliphatic rings. The van der Waals surface area contributed by atoms with Gasteiger partial charge in [0.1, 0.15) is 46.6 Å². The zero-order valence-corrected chi connectivity index (χ0v) is 47.1. The van der Waals surface area contributed by atoms with Crippen molar-refractivity contribution in [1.29, 1.82) is 5.26 Å². The van der Waals surface area contributed by atoms with Crippen LogP contribution in [0.2, 0.25) is 0 Å². The van der Waals surface area contributed by atoms with E-state index in [1.807, 2.05) is 88.0 Å². The maximum Gasteiger partial charge on any atom is 0.416 e. The molecular weight excluding hydrogens is 1100 g/mol. The van der Waals surface area contributed by atoms with Gasteiger partial charge < -0.3 is 9.13 Å². The van der Waals surface area contributed by atoms with E-state index >= 15 is 0 Å². The summed E-state index contributed by atoms with van der Waals surface area (Å²) in [5, 5.41) is 14.2. The second kappa shape index (κ2) is 20.3. The van der Waals surface area contributed by atoms with Crippen LogP contribution in [0.25, 0.3) is 123 Å². The van der Waals surface area contributed by atoms with Crippen molar-refractivity contribution in [2.45, 2.75) is 67.7 Å². The summed E-state index contributed by atoms with van der Waals surface area (Å²) in [6.07, 6.45) is -10.3. The maximum atomic E-state index is 14.6. The molecule has 13 aromatic rings. The van der Waals surface area contributed by atoms with Crippen LogP contribution in [0.4, 0.5) is 26.3 Å². The predicted molar refractivity (Wildman–Crippen MR) is 314 cm³/mol. The number of aryl methyl sites for hydroxylation is 8. The van der Waals surface area contributed by atoms with Crippen molar-refractivity contribution in [3.05, 3.63) is 191 Å². The normalized spacial score (nSPS) is 12.1. The quantitative estimate of drug-likeness (QED) is 0.131. The largest absolute Gasteiger partial charge is 0.416 e. The number of alkyl halides is 6. The minimum atomic E-state index is -5.13. The summed E-state index contributed by atoms with van der Waals surface area (Å²) in [7, 11) is 0. The number of benzene rings is 7. The molecule has 0 aliphatic heterocycles. The molecule has 15 nitrogen and oxygen atoms in total. The van der Waals surface area contributed by atoms with Gasteiger partial charge in [-0.15, -0.1) is 0 Å². The molecule has 0 radical (unpaired) electrons. The van der Waals surface area contributed by atoms with Gasteiger partial charge >= 0.3 is 12.4 Å². The molecule has 0 saturated carbocycles. The number of hydrogen-bond acceptors (Lipinski definition) is 13. The van der Waals surface area contributed by atoms with Gasteiger partial charge in [-0.25, -0.2) is 59.8 Å². The Labute approximate surface area is 485 Å². The Hall–Kier alpha value is -10.8. The highest BCUT2D eigenvalue weighted by atomic mass is 19.4. The first-order valence-corrected chi connectivity index (χ1v) is 27.0. The molecule has 7 aromatic carbocycles. The Morgan fingerprint density at radius 2 is 0.663 bits per heavy atom. The average molecular weight is 1150 g/mol. The average Bonchev–Trinajstić information content (AvgIpc) is 1.61. The lowest BCUT2D eigenvalue weighted by molar-refractivity contribution is -0.143. The fourth-order valence-electron chi connectivity index (χ4n) is 11.4. The SMILES string of the molecule is Cc1nc(C)nc(-c2ccc3c(c2)c2cc(-c4nc(C)nc(C)n4)ccc2n3-c2ccc(C#N)c(-c3cc(-c4cc(C(F)(F)F)cc(C(F)(F)F)c4)ccc3-n3c4ccc(-c5nc(C)nc(C)n5)cc4c4cc(-c5nc(C)nc(C)n5)ccc43)c2)n1. The highest BCUT2D eigenvalue weighted by molar-refractivity contribution is 6.13. The lowest BCUT2D eigenvalue weighted by Crippen LogP contribution is -2.11. The van der Waals surface area contributed by atoms with Crippen molar-refractivity contribution in [1.82, 2.24) is 68.9 Å². The topological polar surface area (TPSA) is 188 Å². The Morgan fingerprint density at radius 1 is 0.326 bits per heavy atom. The first kappa shape index (κ1) is 54.5. The van der Waals surface area contributed by atoms with Gasteiger partial charge in [-0.3, -0.25) is 0 Å². The summed E-state index contributed by atoms with van der Waals surface area (Å²) >= 11 is 0. The van der Waals surface area contributed by atoms with E-state index in [2.05, 4.69) is 65.9 Å². The van der Waals surface area contributed by atoms with Crippen molar-refractivity contribution in [3.8, 4) is 85.2 Å². The molecule has 0 unspecified atom stereocenters. The number of halogens is 6. The van der Waals surface area contributed by atoms with Crippen molar-refractivity contribution in [3.63, 3.8) is 0 Å². The van der Waals surface area contributed by atoms with E-state index in [-0.39, 0.29) is 22.8 Å². The van der Waals surface area contributed by atoms with Crippen molar-refractivity contribution < 1.29 is 26.3 Å². The molecule has 0 fully saturated rings. The van der Waals surface area contributed by atoms with Crippen LogP contribution < -0.4 is 0 Å². The number of rotatable bonds is 8. The minimum absolute atomic E-state index is 0.0191. The predicted octanol–water partition coefficient (Wildman–Crippen LogP) is 15.0. The fourth-order valence-corrected chi connectivity index (χ4v) is 11.4. The maximum absolute atomic E-state index is 14.6. The number of nitrogens with zero attached hydrogens (tertiary/aromatic N) is 15. The van der Waals surface area contributed by atoms with Crippen LogP contribution in [-0.2, 0) is 12.4 Å². The Morgan fingerprint density at radius 3 is 1.00 bits per heavy atom. The number of hydrogen-bond donors (Lipinski definition) is 0. The van der Waals surface area contributed by atoms with Gasteiger partial charge in [0.05, 0.1) is 50.5 Å². The molecule has 0 N–H and O–H groups in total. The first-order chi connectivity index (χ1) is 41.0. The van der Waals surface area contributed by atoms with E-state index in [1.54, 1.807) is 79.7 Å². The zero-order chi connectivity index (χ0) is 60.2. The van der Waals surface area contributed by atoms with E-state index in [1.165, 1.54) is 6.07 Å². The molecule has 6 heterocycles. The highest BCUT2D eigenvalue weighted by Crippen LogP contribution is 2.45. The van der Waals surface area contributed by atoms with Gasteiger partial charge in [0.15, 0.2) is 23.3 Å². The van der Waals surface area contributed by atoms with Gasteiger partial charge in [0, 0.05) is 60.6 Å². The van der Waals surface area contributed by atoms with Gasteiger partial charge in [-0.1, -0.05) is 6.07 Å². The molecule has 86 heavy (non-hydrogen) atoms. The lowest BCUT2D eigenvalue weighted by atomic mass is 9.92. The fraction of sp³-hybridized carbons (Fsp3) is 0.154. The molecule has 0 bridgehead atoms. The standard InChI is InChI=1S/C65H45F6N15/c1-31-73-32(2)78-60(77-31)40-11-17-55-51(24-40)52-25-41(61-79-33(3)74-34(4)80-61)12-18-56(52)85(55)48-15-9-44(30-72)49(29-48)50-23-39(45-21-46(64(66,67)68)28-47(22-45)65(69,70)71)10-16-57(50)86-58-19-13-42(62-81-35(5)75-36(6)82-62)26-53(58)54-27-43(14-20-59(54)86)63-83-37(7)76-38(8)84-63/h9-29H,1-8H3. The van der Waals surface area contributed by atoms with E-state index in [4.69, 9.17) is 0 Å². The molecule has 13 rings (SSSR count). The molecule has 0 aliphatic carbocycles. The van der Waals surface area contributed by atoms with Gasteiger partial charge in [-0.2, -0.15) is 31.6 Å². The monoisotopic (exact) mass is 1150 g/mol. The summed E-state index contributed by atoms with van der Waals surface area (Å²) in [6.45, 7) is 14.3. The summed E-state index contributed by atoms with van der Waals surface area (Å²) in [5.74, 6) is 6.07. The third-order valence-electron chi connectivity index (χ3n) is 14.8. The second-order valence-corrected chi connectivity index (χ2v) is 21.0. The van der Waals surface area contributed by atoms with Crippen LogP contribution in [0.3, 0.4) is 0 Å². The first-order valence-electron chi connectivity index (χ1n) is 27.0. The number of aromatic nitrogens is 14. The number of nitriles is 1. The molecule has 0 spiro atoms. The summed E-state index contributed by atoms with van der Waals surface area (Å²) in [5.41, 5.74) is 4.04. The third-order valence-corrected chi connectivity index (χ3v) is 14.8. The zero-order valence-electron chi connectivity index (χ0n) is 47.1. The van der Waals surface area contributed by atoms with Crippen molar-refractivity contribution in [2.75, 3.05) is 0 Å². The van der Waals surface area contributed by atoms with E-state index in [0.717, 1.165) is 43.7 Å². The molecule has 21 heteroatoms. The molecule has 0 atom stereocenters. The van der Waals surface area contributed by atoms with Crippen LogP contribution >= 0.6 is 0 Å². The molecular formula is C65H45F6N15. The van der Waals surface area contributed by atoms with E-state index in [9.17, 15) is 31.6 Å². The summed E-state index contributed by atoms with van der Waals surface area (Å²) in [6, 6.07) is 37.0. The van der Waals surface area contributed by atoms with Crippen LogP contribution in [0.15, 0.2) is 127 Å². The molecule has 0 amide bonds. The molecule has 0 saturated heterocycles. The van der Waals surface area contributed by atoms with Gasteiger partial charge in [0.2, 0.25) is 0 Å². The Kier molecular flexibility index (Phi) is 12.8.